The lowest BCUT2D eigenvalue weighted by atomic mass is 10.1. The van der Waals surface area contributed by atoms with Crippen LogP contribution in [0.15, 0.2) is 41.0 Å². The van der Waals surface area contributed by atoms with Crippen molar-refractivity contribution >= 4 is 21.6 Å². The maximum Gasteiger partial charge on any atom is 0.312 e. The third-order valence-corrected chi connectivity index (χ3v) is 3.42. The molecular formula is C14H14BrN3O3. The van der Waals surface area contributed by atoms with E-state index >= 15 is 0 Å². The van der Waals surface area contributed by atoms with Crippen molar-refractivity contribution in [3.63, 3.8) is 0 Å². The van der Waals surface area contributed by atoms with E-state index in [1.807, 2.05) is 6.92 Å². The SMILES string of the molecule is CCC(N)c1ccc(Oc2ccc(Br)cc2[N+](=O)[O-])cn1. The van der Waals surface area contributed by atoms with Crippen LogP contribution < -0.4 is 10.5 Å². The molecule has 0 radical (unpaired) electrons. The number of ether oxygens (including phenoxy) is 1. The van der Waals surface area contributed by atoms with Gasteiger partial charge in [0.25, 0.3) is 0 Å². The highest BCUT2D eigenvalue weighted by atomic mass is 79.9. The number of rotatable bonds is 5. The quantitative estimate of drug-likeness (QED) is 0.650. The second-order valence-corrected chi connectivity index (χ2v) is 5.32. The fourth-order valence-corrected chi connectivity index (χ4v) is 2.08. The lowest BCUT2D eigenvalue weighted by Gasteiger charge is -2.10. The van der Waals surface area contributed by atoms with Crippen LogP contribution in [0.1, 0.15) is 25.1 Å². The Kier molecular flexibility index (Phi) is 4.87. The van der Waals surface area contributed by atoms with Crippen LogP contribution in [-0.4, -0.2) is 9.91 Å². The Morgan fingerprint density at radius 3 is 2.76 bits per heavy atom. The van der Waals surface area contributed by atoms with E-state index in [4.69, 9.17) is 10.5 Å². The first-order valence-electron chi connectivity index (χ1n) is 6.34. The minimum absolute atomic E-state index is 0.112. The van der Waals surface area contributed by atoms with E-state index in [2.05, 4.69) is 20.9 Å². The average Bonchev–Trinajstić information content (AvgIpc) is 2.49. The van der Waals surface area contributed by atoms with Crippen molar-refractivity contribution < 1.29 is 9.66 Å². The summed E-state index contributed by atoms with van der Waals surface area (Å²) in [5.41, 5.74) is 6.53. The van der Waals surface area contributed by atoms with Gasteiger partial charge in [0.15, 0.2) is 0 Å². The number of pyridine rings is 1. The van der Waals surface area contributed by atoms with Gasteiger partial charge in [-0.15, -0.1) is 0 Å². The Hall–Kier alpha value is -1.99. The zero-order valence-electron chi connectivity index (χ0n) is 11.3. The van der Waals surface area contributed by atoms with Gasteiger partial charge in [-0.05, 0) is 30.7 Å². The summed E-state index contributed by atoms with van der Waals surface area (Å²) in [4.78, 5) is 14.7. The number of nitrogens with zero attached hydrogens (tertiary/aromatic N) is 2. The maximum atomic E-state index is 11.0. The van der Waals surface area contributed by atoms with Crippen molar-refractivity contribution in [2.45, 2.75) is 19.4 Å². The molecule has 0 amide bonds. The highest BCUT2D eigenvalue weighted by molar-refractivity contribution is 9.10. The summed E-state index contributed by atoms with van der Waals surface area (Å²) in [5.74, 6) is 0.588. The summed E-state index contributed by atoms with van der Waals surface area (Å²) < 4.78 is 6.14. The number of benzene rings is 1. The molecule has 0 saturated heterocycles. The number of hydrogen-bond donors (Lipinski definition) is 1. The van der Waals surface area contributed by atoms with Gasteiger partial charge in [-0.2, -0.15) is 0 Å². The first-order valence-corrected chi connectivity index (χ1v) is 7.14. The summed E-state index contributed by atoms with van der Waals surface area (Å²) in [5, 5.41) is 11.0. The first-order chi connectivity index (χ1) is 10.0. The molecule has 0 fully saturated rings. The van der Waals surface area contributed by atoms with Crippen molar-refractivity contribution in [1.82, 2.24) is 4.98 Å². The molecular weight excluding hydrogens is 338 g/mol. The summed E-state index contributed by atoms with van der Waals surface area (Å²) in [6.45, 7) is 1.97. The molecule has 1 heterocycles. The molecule has 2 rings (SSSR count). The van der Waals surface area contributed by atoms with Gasteiger partial charge < -0.3 is 10.5 Å². The van der Waals surface area contributed by atoms with Crippen LogP contribution >= 0.6 is 15.9 Å². The largest absolute Gasteiger partial charge is 0.449 e. The van der Waals surface area contributed by atoms with E-state index in [1.165, 1.54) is 18.3 Å². The summed E-state index contributed by atoms with van der Waals surface area (Å²) in [7, 11) is 0. The Balaban J connectivity index is 2.24. The number of nitrogens with two attached hydrogens (primary N) is 1. The van der Waals surface area contributed by atoms with Gasteiger partial charge in [0.1, 0.15) is 5.75 Å². The molecule has 6 nitrogen and oxygen atoms in total. The van der Waals surface area contributed by atoms with E-state index < -0.39 is 4.92 Å². The molecule has 2 N–H and O–H groups in total. The highest BCUT2D eigenvalue weighted by Crippen LogP contribution is 2.33. The third-order valence-electron chi connectivity index (χ3n) is 2.92. The van der Waals surface area contributed by atoms with Crippen LogP contribution in [0.2, 0.25) is 0 Å². The van der Waals surface area contributed by atoms with E-state index in [9.17, 15) is 10.1 Å². The van der Waals surface area contributed by atoms with Gasteiger partial charge in [0, 0.05) is 16.6 Å². The minimum Gasteiger partial charge on any atom is -0.449 e. The molecule has 0 bridgehead atoms. The van der Waals surface area contributed by atoms with Crippen LogP contribution in [0, 0.1) is 10.1 Å². The fourth-order valence-electron chi connectivity index (χ4n) is 1.73. The zero-order valence-corrected chi connectivity index (χ0v) is 12.9. The van der Waals surface area contributed by atoms with Crippen LogP contribution in [0.3, 0.4) is 0 Å². The van der Waals surface area contributed by atoms with E-state index in [1.54, 1.807) is 18.2 Å². The Bertz CT molecular complexity index is 646. The number of aromatic nitrogens is 1. The van der Waals surface area contributed by atoms with Crippen molar-refractivity contribution in [3.05, 3.63) is 56.8 Å². The Morgan fingerprint density at radius 1 is 1.43 bits per heavy atom. The predicted molar refractivity (Wildman–Crippen MR) is 82.3 cm³/mol. The number of hydrogen-bond acceptors (Lipinski definition) is 5. The normalized spacial score (nSPS) is 12.0. The predicted octanol–water partition coefficient (Wildman–Crippen LogP) is 3.95. The number of halogens is 1. The number of nitro benzene ring substituents is 1. The standard InChI is InChI=1S/C14H14BrN3O3/c1-2-11(16)12-5-4-10(8-17-12)21-14-6-3-9(15)7-13(14)18(19)20/h3-8,11H,2,16H2,1H3. The molecule has 110 valence electrons. The molecule has 0 saturated carbocycles. The fraction of sp³-hybridized carbons (Fsp3) is 0.214. The van der Waals surface area contributed by atoms with Gasteiger partial charge >= 0.3 is 5.69 Å². The molecule has 0 aliphatic carbocycles. The van der Waals surface area contributed by atoms with Gasteiger partial charge in [-0.25, -0.2) is 0 Å². The summed E-state index contributed by atoms with van der Waals surface area (Å²) >= 11 is 3.20. The van der Waals surface area contributed by atoms with Gasteiger partial charge in [-0.3, -0.25) is 15.1 Å². The minimum atomic E-state index is -0.491. The van der Waals surface area contributed by atoms with Crippen LogP contribution in [-0.2, 0) is 0 Å². The Labute approximate surface area is 130 Å². The highest BCUT2D eigenvalue weighted by Gasteiger charge is 2.16. The van der Waals surface area contributed by atoms with Gasteiger partial charge in [-0.1, -0.05) is 22.9 Å². The molecule has 21 heavy (non-hydrogen) atoms. The third kappa shape index (κ3) is 3.77. The van der Waals surface area contributed by atoms with Crippen LogP contribution in [0.4, 0.5) is 5.69 Å². The molecule has 2 aromatic rings. The topological polar surface area (TPSA) is 91.3 Å². The molecule has 1 unspecified atom stereocenters. The van der Waals surface area contributed by atoms with E-state index in [0.717, 1.165) is 12.1 Å². The molecule has 1 aromatic carbocycles. The smallest absolute Gasteiger partial charge is 0.312 e. The Morgan fingerprint density at radius 2 is 2.19 bits per heavy atom. The number of nitro groups is 1. The lowest BCUT2D eigenvalue weighted by molar-refractivity contribution is -0.385. The average molecular weight is 352 g/mol. The van der Waals surface area contributed by atoms with Gasteiger partial charge in [0.2, 0.25) is 5.75 Å². The molecule has 0 spiro atoms. The zero-order chi connectivity index (χ0) is 15.4. The molecule has 0 aliphatic heterocycles. The van der Waals surface area contributed by atoms with Crippen molar-refractivity contribution in [1.29, 1.82) is 0 Å². The monoisotopic (exact) mass is 351 g/mol. The molecule has 0 aliphatic rings. The first kappa shape index (κ1) is 15.4. The summed E-state index contributed by atoms with van der Waals surface area (Å²) in [6, 6.07) is 7.94. The lowest BCUT2D eigenvalue weighted by Crippen LogP contribution is -2.10. The maximum absolute atomic E-state index is 11.0. The van der Waals surface area contributed by atoms with Crippen molar-refractivity contribution in [2.75, 3.05) is 0 Å². The molecule has 1 aromatic heterocycles. The second kappa shape index (κ2) is 6.64. The van der Waals surface area contributed by atoms with E-state index in [0.29, 0.717) is 10.2 Å². The second-order valence-electron chi connectivity index (χ2n) is 4.40. The van der Waals surface area contributed by atoms with Crippen LogP contribution in [0.25, 0.3) is 0 Å². The van der Waals surface area contributed by atoms with Crippen molar-refractivity contribution in [2.24, 2.45) is 5.73 Å². The van der Waals surface area contributed by atoms with E-state index in [-0.39, 0.29) is 17.5 Å². The molecule has 7 heteroatoms. The van der Waals surface area contributed by atoms with Crippen LogP contribution in [0.5, 0.6) is 11.5 Å². The van der Waals surface area contributed by atoms with Gasteiger partial charge in [0.05, 0.1) is 16.8 Å². The molecule has 1 atom stereocenters. The summed E-state index contributed by atoms with van der Waals surface area (Å²) in [6.07, 6.45) is 2.29. The van der Waals surface area contributed by atoms with Crippen molar-refractivity contribution in [3.8, 4) is 11.5 Å².